The first-order valence-corrected chi connectivity index (χ1v) is 20.6. The van der Waals surface area contributed by atoms with Crippen LogP contribution in [0.25, 0.3) is 11.1 Å². The molecule has 5 aromatic rings. The largest absolute Gasteiger partial charge is 0.497 e. The molecule has 1 heterocycles. The molecule has 7 rings (SSSR count). The van der Waals surface area contributed by atoms with Crippen LogP contribution in [0.2, 0.25) is 0 Å². The molecule has 0 unspecified atom stereocenters. The number of hydrogen-bond donors (Lipinski definition) is 2. The average molecular weight is 843 g/mol. The maximum absolute atomic E-state index is 13.7. The third kappa shape index (κ3) is 9.75. The number of carboxylic acids is 1. The number of nitrogens with zero attached hydrogens (tertiary/aromatic N) is 1. The zero-order valence-electron chi connectivity index (χ0n) is 34.7. The second kappa shape index (κ2) is 20.2. The smallest absolute Gasteiger partial charge is 0.410 e. The Balaban J connectivity index is 0.981. The van der Waals surface area contributed by atoms with Gasteiger partial charge in [-0.3, -0.25) is 19.3 Å². The normalized spacial score (nSPS) is 15.6. The molecule has 1 fully saturated rings. The lowest BCUT2D eigenvalue weighted by molar-refractivity contribution is -0.151. The predicted octanol–water partition coefficient (Wildman–Crippen LogP) is 6.95. The number of ether oxygens (including phenoxy) is 6. The summed E-state index contributed by atoms with van der Waals surface area (Å²) < 4.78 is 35.1. The van der Waals surface area contributed by atoms with Crippen molar-refractivity contribution in [1.82, 2.24) is 10.2 Å². The number of carbonyl (C=O) groups is 4. The van der Waals surface area contributed by atoms with Crippen LogP contribution in [0.1, 0.15) is 53.0 Å². The Hall–Kier alpha value is -6.70. The quantitative estimate of drug-likeness (QED) is 0.0504. The van der Waals surface area contributed by atoms with Gasteiger partial charge in [0, 0.05) is 18.9 Å². The van der Waals surface area contributed by atoms with E-state index in [4.69, 9.17) is 33.5 Å². The van der Waals surface area contributed by atoms with Crippen LogP contribution in [0.5, 0.6) is 11.5 Å². The van der Waals surface area contributed by atoms with Crippen LogP contribution in [0.4, 0.5) is 4.79 Å². The van der Waals surface area contributed by atoms with E-state index >= 15 is 0 Å². The van der Waals surface area contributed by atoms with Crippen LogP contribution in [-0.4, -0.2) is 99.8 Å². The first kappa shape index (κ1) is 43.4. The maximum atomic E-state index is 13.7. The molecule has 0 spiro atoms. The van der Waals surface area contributed by atoms with Crippen LogP contribution >= 0.6 is 0 Å². The first-order valence-electron chi connectivity index (χ1n) is 20.6. The van der Waals surface area contributed by atoms with Gasteiger partial charge in [0.25, 0.3) is 0 Å². The van der Waals surface area contributed by atoms with Crippen molar-refractivity contribution >= 4 is 23.9 Å². The number of carboxylic acid groups (broad SMARTS) is 1. The van der Waals surface area contributed by atoms with Crippen LogP contribution in [0.3, 0.4) is 0 Å². The number of amides is 2. The van der Waals surface area contributed by atoms with Crippen LogP contribution in [0, 0.1) is 0 Å². The molecule has 0 saturated carbocycles. The SMILES string of the molecule is COc1ccc(C(OCCOCCNC(=O)[C@@H]2C[C@@H](OC(=O)CCC(=O)O)CN2C(=O)OCC2c3ccccc3-c3ccccc32)(c2ccccc2)c2ccc(OC)cc2)cc1. The summed E-state index contributed by atoms with van der Waals surface area (Å²) in [6.45, 7) is 0.599. The summed E-state index contributed by atoms with van der Waals surface area (Å²) in [5.74, 6) is -1.10. The summed E-state index contributed by atoms with van der Waals surface area (Å²) in [6, 6.07) is 40.3. The van der Waals surface area contributed by atoms with Gasteiger partial charge in [0.05, 0.1) is 53.4 Å². The van der Waals surface area contributed by atoms with Gasteiger partial charge >= 0.3 is 18.0 Å². The number of benzene rings is 5. The van der Waals surface area contributed by atoms with Crippen molar-refractivity contribution < 1.29 is 52.7 Å². The third-order valence-corrected chi connectivity index (χ3v) is 11.2. The molecular weight excluding hydrogens is 793 g/mol. The summed E-state index contributed by atoms with van der Waals surface area (Å²) in [7, 11) is 3.24. The molecule has 322 valence electrons. The average Bonchev–Trinajstić information content (AvgIpc) is 3.88. The second-order valence-corrected chi connectivity index (χ2v) is 15.0. The van der Waals surface area contributed by atoms with Gasteiger partial charge in [-0.25, -0.2) is 4.79 Å². The Bertz CT molecular complexity index is 2220. The van der Waals surface area contributed by atoms with Crippen LogP contribution in [-0.2, 0) is 38.9 Å². The summed E-state index contributed by atoms with van der Waals surface area (Å²) >= 11 is 0. The molecule has 1 aliphatic heterocycles. The highest BCUT2D eigenvalue weighted by Crippen LogP contribution is 2.45. The Labute approximate surface area is 360 Å². The minimum absolute atomic E-state index is 0.0157. The van der Waals surface area contributed by atoms with Crippen molar-refractivity contribution in [2.75, 3.05) is 53.7 Å². The number of fused-ring (bicyclic) bond motifs is 3. The first-order chi connectivity index (χ1) is 30.2. The van der Waals surface area contributed by atoms with Crippen LogP contribution in [0.15, 0.2) is 127 Å². The van der Waals surface area contributed by atoms with E-state index in [1.54, 1.807) is 14.2 Å². The number of rotatable bonds is 19. The second-order valence-electron chi connectivity index (χ2n) is 15.0. The standard InChI is InChI=1S/C49H50N2O11/c1-57-36-20-16-34(17-21-36)49(33-10-4-3-5-11-33,35-18-22-37(58-2)23-19-35)61-29-28-59-27-26-50-47(55)44-30-38(62-46(54)25-24-45(52)53)31-51(44)48(56)60-32-43-41-14-8-6-12-39(41)40-13-7-9-15-42(40)43/h3-23,38,43-44H,24-32H2,1-2H3,(H,50,55)(H,52,53)/t38-,44+/m1/s1. The van der Waals surface area contributed by atoms with Crippen molar-refractivity contribution in [3.63, 3.8) is 0 Å². The molecule has 1 aliphatic carbocycles. The lowest BCUT2D eigenvalue weighted by Crippen LogP contribution is -2.47. The number of carbonyl (C=O) groups excluding carboxylic acids is 3. The van der Waals surface area contributed by atoms with Gasteiger partial charge in [0.15, 0.2) is 0 Å². The maximum Gasteiger partial charge on any atom is 0.410 e. The number of methoxy groups -OCH3 is 2. The van der Waals surface area contributed by atoms with Crippen molar-refractivity contribution in [2.24, 2.45) is 0 Å². The van der Waals surface area contributed by atoms with Gasteiger partial charge in [-0.1, -0.05) is 103 Å². The van der Waals surface area contributed by atoms with Gasteiger partial charge < -0.3 is 38.8 Å². The van der Waals surface area contributed by atoms with E-state index in [2.05, 4.69) is 5.32 Å². The number of likely N-dealkylation sites (tertiary alicyclic amines) is 1. The van der Waals surface area contributed by atoms with E-state index in [0.717, 1.165) is 38.9 Å². The molecule has 0 radical (unpaired) electrons. The molecule has 2 aliphatic rings. The van der Waals surface area contributed by atoms with Gasteiger partial charge in [-0.05, 0) is 63.2 Å². The van der Waals surface area contributed by atoms with Crippen molar-refractivity contribution in [3.05, 3.63) is 155 Å². The van der Waals surface area contributed by atoms with Crippen LogP contribution < -0.4 is 14.8 Å². The summed E-state index contributed by atoms with van der Waals surface area (Å²) in [6.07, 6.45) is -2.27. The highest BCUT2D eigenvalue weighted by atomic mass is 16.6. The molecule has 13 heteroatoms. The molecule has 2 N–H and O–H groups in total. The molecule has 2 atom stereocenters. The van der Waals surface area contributed by atoms with E-state index in [1.165, 1.54) is 4.90 Å². The predicted molar refractivity (Wildman–Crippen MR) is 229 cm³/mol. The van der Waals surface area contributed by atoms with Gasteiger partial charge in [0.2, 0.25) is 5.91 Å². The number of aliphatic carboxylic acids is 1. The number of esters is 1. The Morgan fingerprint density at radius 2 is 1.26 bits per heavy atom. The fourth-order valence-corrected chi connectivity index (χ4v) is 8.26. The molecule has 0 bridgehead atoms. The van der Waals surface area contributed by atoms with E-state index in [1.807, 2.05) is 127 Å². The monoisotopic (exact) mass is 842 g/mol. The van der Waals surface area contributed by atoms with E-state index in [9.17, 15) is 19.2 Å². The Kier molecular flexibility index (Phi) is 14.2. The summed E-state index contributed by atoms with van der Waals surface area (Å²) in [5.41, 5.74) is 5.89. The zero-order valence-corrected chi connectivity index (χ0v) is 34.7. The Morgan fingerprint density at radius 1 is 0.694 bits per heavy atom. The van der Waals surface area contributed by atoms with Gasteiger partial charge in [-0.15, -0.1) is 0 Å². The minimum atomic E-state index is -1.13. The van der Waals surface area contributed by atoms with Gasteiger partial charge in [0.1, 0.15) is 35.9 Å². The highest BCUT2D eigenvalue weighted by molar-refractivity contribution is 5.87. The van der Waals surface area contributed by atoms with Crippen molar-refractivity contribution in [2.45, 2.75) is 42.9 Å². The Morgan fingerprint density at radius 3 is 1.84 bits per heavy atom. The molecule has 5 aromatic carbocycles. The molecule has 2 amide bonds. The van der Waals surface area contributed by atoms with Crippen molar-refractivity contribution in [3.8, 4) is 22.6 Å². The van der Waals surface area contributed by atoms with Crippen molar-refractivity contribution in [1.29, 1.82) is 0 Å². The summed E-state index contributed by atoms with van der Waals surface area (Å²) in [4.78, 5) is 52.2. The molecular formula is C49H50N2O11. The molecule has 0 aromatic heterocycles. The number of hydrogen-bond acceptors (Lipinski definition) is 10. The van der Waals surface area contributed by atoms with E-state index in [-0.39, 0.29) is 58.3 Å². The molecule has 13 nitrogen and oxygen atoms in total. The third-order valence-electron chi connectivity index (χ3n) is 11.2. The fraction of sp³-hybridized carbons (Fsp3) is 0.306. The highest BCUT2D eigenvalue weighted by Gasteiger charge is 2.43. The molecule has 1 saturated heterocycles. The zero-order chi connectivity index (χ0) is 43.5. The lowest BCUT2D eigenvalue weighted by atomic mass is 9.80. The van der Waals surface area contributed by atoms with Gasteiger partial charge in [-0.2, -0.15) is 0 Å². The minimum Gasteiger partial charge on any atom is -0.497 e. The topological polar surface area (TPSA) is 159 Å². The van der Waals surface area contributed by atoms with E-state index < -0.39 is 48.1 Å². The fourth-order valence-electron chi connectivity index (χ4n) is 8.26. The lowest BCUT2D eigenvalue weighted by Gasteiger charge is -2.36. The number of nitrogens with one attached hydrogen (secondary N) is 1. The molecule has 62 heavy (non-hydrogen) atoms. The summed E-state index contributed by atoms with van der Waals surface area (Å²) in [5, 5.41) is 11.9. The van der Waals surface area contributed by atoms with E-state index in [0.29, 0.717) is 11.5 Å².